The molecular weight excluding hydrogens is 276 g/mol. The third kappa shape index (κ3) is 3.47. The maximum absolute atomic E-state index is 12.6. The number of aliphatic carboxylic acids is 1. The van der Waals surface area contributed by atoms with Crippen LogP contribution in [0, 0.1) is 5.92 Å². The molecule has 2 amide bonds. The molecule has 2 aliphatic rings. The highest BCUT2D eigenvalue weighted by atomic mass is 16.5. The van der Waals surface area contributed by atoms with E-state index in [1.54, 1.807) is 7.05 Å². The fraction of sp³-hybridized carbons (Fsp3) is 0.857. The first kappa shape index (κ1) is 16.0. The van der Waals surface area contributed by atoms with Crippen LogP contribution in [0.2, 0.25) is 0 Å². The third-order valence-corrected chi connectivity index (χ3v) is 4.49. The molecule has 0 aromatic rings. The number of ether oxygens (including phenoxy) is 1. The van der Waals surface area contributed by atoms with Gasteiger partial charge in [0.1, 0.15) is 5.92 Å². The minimum Gasteiger partial charge on any atom is -0.481 e. The molecule has 3 unspecified atom stereocenters. The first-order valence-electron chi connectivity index (χ1n) is 7.51. The second-order valence-electron chi connectivity index (χ2n) is 5.80. The Morgan fingerprint density at radius 3 is 2.81 bits per heavy atom. The highest BCUT2D eigenvalue weighted by molar-refractivity contribution is 5.77. The number of rotatable bonds is 5. The number of amides is 2. The third-order valence-electron chi connectivity index (χ3n) is 4.49. The van der Waals surface area contributed by atoms with E-state index in [1.165, 1.54) is 4.90 Å². The number of carboxylic acid groups (broad SMARTS) is 1. The van der Waals surface area contributed by atoms with Crippen LogP contribution in [0.25, 0.3) is 0 Å². The zero-order valence-electron chi connectivity index (χ0n) is 12.4. The van der Waals surface area contributed by atoms with Gasteiger partial charge in [0, 0.05) is 26.2 Å². The second kappa shape index (κ2) is 7.09. The maximum Gasteiger partial charge on any atom is 0.320 e. The number of hydrogen-bond acceptors (Lipinski definition) is 4. The molecule has 2 aliphatic heterocycles. The summed E-state index contributed by atoms with van der Waals surface area (Å²) in [4.78, 5) is 27.2. The molecule has 0 aromatic heterocycles. The van der Waals surface area contributed by atoms with Gasteiger partial charge in [-0.1, -0.05) is 0 Å². The molecule has 0 aromatic carbocycles. The van der Waals surface area contributed by atoms with Crippen molar-refractivity contribution < 1.29 is 24.5 Å². The van der Waals surface area contributed by atoms with E-state index in [4.69, 9.17) is 9.84 Å². The van der Waals surface area contributed by atoms with Crippen molar-refractivity contribution in [3.63, 3.8) is 0 Å². The Bertz CT molecular complexity index is 390. The van der Waals surface area contributed by atoms with Gasteiger partial charge in [-0.3, -0.25) is 4.79 Å². The van der Waals surface area contributed by atoms with Gasteiger partial charge in [0.05, 0.1) is 19.3 Å². The summed E-state index contributed by atoms with van der Waals surface area (Å²) in [5.74, 6) is -1.58. The zero-order valence-corrected chi connectivity index (χ0v) is 12.4. The van der Waals surface area contributed by atoms with Crippen LogP contribution in [-0.4, -0.2) is 77.5 Å². The summed E-state index contributed by atoms with van der Waals surface area (Å²) in [5.41, 5.74) is 0. The number of carbonyl (C=O) groups excluding carboxylic acids is 1. The van der Waals surface area contributed by atoms with E-state index in [0.29, 0.717) is 13.0 Å². The predicted octanol–water partition coefficient (Wildman–Crippen LogP) is 0.375. The lowest BCUT2D eigenvalue weighted by Crippen LogP contribution is -2.51. The summed E-state index contributed by atoms with van der Waals surface area (Å²) >= 11 is 0. The quantitative estimate of drug-likeness (QED) is 0.766. The molecule has 2 heterocycles. The number of carboxylic acids is 1. The first-order chi connectivity index (χ1) is 10.1. The lowest BCUT2D eigenvalue weighted by atomic mass is 10.0. The summed E-state index contributed by atoms with van der Waals surface area (Å²) in [6, 6.07) is -0.385. The van der Waals surface area contributed by atoms with Crippen molar-refractivity contribution in [3.05, 3.63) is 0 Å². The average Bonchev–Trinajstić information content (AvgIpc) is 3.11. The van der Waals surface area contributed by atoms with Gasteiger partial charge >= 0.3 is 12.0 Å². The molecule has 7 heteroatoms. The number of urea groups is 1. The van der Waals surface area contributed by atoms with Crippen LogP contribution in [0.1, 0.15) is 25.7 Å². The van der Waals surface area contributed by atoms with Gasteiger partial charge in [-0.25, -0.2) is 4.79 Å². The number of likely N-dealkylation sites (N-methyl/N-ethyl adjacent to an activating group) is 1. The normalized spacial score (nSPS) is 28.9. The Morgan fingerprint density at radius 1 is 1.38 bits per heavy atom. The van der Waals surface area contributed by atoms with Gasteiger partial charge in [0.15, 0.2) is 0 Å². The molecule has 21 heavy (non-hydrogen) atoms. The minimum absolute atomic E-state index is 0.128. The highest BCUT2D eigenvalue weighted by Crippen LogP contribution is 2.25. The van der Waals surface area contributed by atoms with Crippen molar-refractivity contribution in [2.75, 3.05) is 33.4 Å². The molecule has 2 saturated heterocycles. The number of likely N-dealkylation sites (tertiary alicyclic amines) is 1. The monoisotopic (exact) mass is 300 g/mol. The van der Waals surface area contributed by atoms with Crippen molar-refractivity contribution in [1.82, 2.24) is 9.80 Å². The van der Waals surface area contributed by atoms with Gasteiger partial charge in [-0.15, -0.1) is 0 Å². The van der Waals surface area contributed by atoms with Crippen LogP contribution in [0.15, 0.2) is 0 Å². The molecule has 7 nitrogen and oxygen atoms in total. The Kier molecular flexibility index (Phi) is 5.41. The Morgan fingerprint density at radius 2 is 2.14 bits per heavy atom. The van der Waals surface area contributed by atoms with Crippen LogP contribution in [0.3, 0.4) is 0 Å². The van der Waals surface area contributed by atoms with E-state index in [1.807, 2.05) is 4.90 Å². The first-order valence-corrected chi connectivity index (χ1v) is 7.51. The zero-order chi connectivity index (χ0) is 15.4. The van der Waals surface area contributed by atoms with E-state index in [0.717, 1.165) is 19.3 Å². The molecule has 0 radical (unpaired) electrons. The number of hydrogen-bond donors (Lipinski definition) is 2. The van der Waals surface area contributed by atoms with Crippen molar-refractivity contribution in [2.24, 2.45) is 5.92 Å². The summed E-state index contributed by atoms with van der Waals surface area (Å²) in [6.45, 7) is 1.26. The van der Waals surface area contributed by atoms with Crippen molar-refractivity contribution in [1.29, 1.82) is 0 Å². The van der Waals surface area contributed by atoms with Gasteiger partial charge in [-0.05, 0) is 25.7 Å². The summed E-state index contributed by atoms with van der Waals surface area (Å²) in [7, 11) is 1.65. The van der Waals surface area contributed by atoms with Gasteiger partial charge in [0.25, 0.3) is 0 Å². The molecule has 0 aliphatic carbocycles. The molecule has 0 saturated carbocycles. The topological polar surface area (TPSA) is 90.3 Å². The highest BCUT2D eigenvalue weighted by Gasteiger charge is 2.41. The molecule has 120 valence electrons. The Labute approximate surface area is 124 Å². The predicted molar refractivity (Wildman–Crippen MR) is 74.9 cm³/mol. The molecule has 2 fully saturated rings. The van der Waals surface area contributed by atoms with E-state index in [9.17, 15) is 14.7 Å². The largest absolute Gasteiger partial charge is 0.481 e. The lowest BCUT2D eigenvalue weighted by Gasteiger charge is -2.33. The number of aliphatic hydroxyl groups excluding tert-OH is 1. The lowest BCUT2D eigenvalue weighted by molar-refractivity contribution is -0.142. The summed E-state index contributed by atoms with van der Waals surface area (Å²) in [6.07, 6.45) is 3.38. The molecule has 0 spiro atoms. The fourth-order valence-corrected chi connectivity index (χ4v) is 3.22. The van der Waals surface area contributed by atoms with Gasteiger partial charge in [-0.2, -0.15) is 0 Å². The Balaban J connectivity index is 1.99. The molecule has 3 atom stereocenters. The average molecular weight is 300 g/mol. The van der Waals surface area contributed by atoms with E-state index in [2.05, 4.69) is 0 Å². The smallest absolute Gasteiger partial charge is 0.320 e. The van der Waals surface area contributed by atoms with Crippen LogP contribution < -0.4 is 0 Å². The number of nitrogens with zero attached hydrogens (tertiary/aromatic N) is 2. The maximum atomic E-state index is 12.6. The summed E-state index contributed by atoms with van der Waals surface area (Å²) in [5, 5.41) is 18.1. The van der Waals surface area contributed by atoms with E-state index in [-0.39, 0.29) is 31.9 Å². The fourth-order valence-electron chi connectivity index (χ4n) is 3.22. The Hall–Kier alpha value is -1.34. The second-order valence-corrected chi connectivity index (χ2v) is 5.80. The van der Waals surface area contributed by atoms with E-state index < -0.39 is 17.9 Å². The van der Waals surface area contributed by atoms with Crippen molar-refractivity contribution >= 4 is 12.0 Å². The molecule has 2 rings (SSSR count). The van der Waals surface area contributed by atoms with Crippen LogP contribution >= 0.6 is 0 Å². The van der Waals surface area contributed by atoms with Crippen molar-refractivity contribution in [3.8, 4) is 0 Å². The summed E-state index contributed by atoms with van der Waals surface area (Å²) < 4.78 is 5.23. The molecule has 2 N–H and O–H groups in total. The standard InChI is InChI=1S/C14H24N2O5/c1-15(12-9-21-8-11(12)13(18)19)14(20)16-6-2-4-10(16)5-3-7-17/h10-12,17H,2-9H2,1H3,(H,18,19). The number of aliphatic hydroxyl groups is 1. The van der Waals surface area contributed by atoms with Crippen LogP contribution in [-0.2, 0) is 9.53 Å². The van der Waals surface area contributed by atoms with E-state index >= 15 is 0 Å². The van der Waals surface area contributed by atoms with Gasteiger partial charge < -0.3 is 24.7 Å². The molecular formula is C14H24N2O5. The van der Waals surface area contributed by atoms with Gasteiger partial charge in [0.2, 0.25) is 0 Å². The van der Waals surface area contributed by atoms with Crippen molar-refractivity contribution in [2.45, 2.75) is 37.8 Å². The SMILES string of the molecule is CN(C(=O)N1CCCC1CCCO)C1COCC1C(=O)O. The minimum atomic E-state index is -0.921. The van der Waals surface area contributed by atoms with Crippen LogP contribution in [0.5, 0.6) is 0 Å². The molecule has 0 bridgehead atoms. The number of carbonyl (C=O) groups is 2. The van der Waals surface area contributed by atoms with Crippen LogP contribution in [0.4, 0.5) is 4.79 Å².